The van der Waals surface area contributed by atoms with Crippen molar-refractivity contribution in [3.63, 3.8) is 0 Å². The molecular formula is C18H28F3NO2. The van der Waals surface area contributed by atoms with Crippen LogP contribution in [0.2, 0.25) is 0 Å². The first-order valence-electron chi connectivity index (χ1n) is 8.25. The summed E-state index contributed by atoms with van der Waals surface area (Å²) in [4.78, 5) is 4.78. The molecule has 0 heterocycles. The summed E-state index contributed by atoms with van der Waals surface area (Å²) in [6, 6.07) is 0. The molecule has 0 aromatic heterocycles. The van der Waals surface area contributed by atoms with Crippen LogP contribution in [0.5, 0.6) is 0 Å². The fraction of sp³-hybridized carbons (Fsp3) is 0.722. The Labute approximate surface area is 142 Å². The van der Waals surface area contributed by atoms with Gasteiger partial charge in [-0.15, -0.1) is 0 Å². The highest BCUT2D eigenvalue weighted by Crippen LogP contribution is 2.47. The SMILES string of the molecule is CCC/C=C(\CCC1(O)C(C)=CC(=NOC)CC1(C)C)C(F)(F)F. The Morgan fingerprint density at radius 1 is 1.42 bits per heavy atom. The van der Waals surface area contributed by atoms with E-state index in [1.165, 1.54) is 13.2 Å². The molecule has 1 atom stereocenters. The van der Waals surface area contributed by atoms with E-state index >= 15 is 0 Å². The van der Waals surface area contributed by atoms with Gasteiger partial charge in [0.2, 0.25) is 0 Å². The van der Waals surface area contributed by atoms with Gasteiger partial charge in [0.25, 0.3) is 0 Å². The van der Waals surface area contributed by atoms with Gasteiger partial charge in [-0.2, -0.15) is 13.2 Å². The van der Waals surface area contributed by atoms with Crippen molar-refractivity contribution in [2.75, 3.05) is 7.11 Å². The second-order valence-electron chi connectivity index (χ2n) is 7.03. The molecule has 0 aromatic rings. The smallest absolute Gasteiger partial charge is 0.399 e. The Bertz CT molecular complexity index is 533. The number of hydrogen-bond acceptors (Lipinski definition) is 3. The molecule has 0 amide bonds. The number of unbranched alkanes of at least 4 members (excludes halogenated alkanes) is 1. The monoisotopic (exact) mass is 347 g/mol. The highest BCUT2D eigenvalue weighted by atomic mass is 19.4. The summed E-state index contributed by atoms with van der Waals surface area (Å²) in [7, 11) is 1.44. The standard InChI is InChI=1S/C18H28F3NO2/c1-6-7-8-14(18(19,20)21)9-10-17(23)13(2)11-15(22-24-5)12-16(17,3)4/h8,11,23H,6-7,9-10,12H2,1-5H3/b14-8+,22-15?. The largest absolute Gasteiger partial charge is 0.412 e. The average molecular weight is 347 g/mol. The van der Waals surface area contributed by atoms with Crippen LogP contribution >= 0.6 is 0 Å². The van der Waals surface area contributed by atoms with Gasteiger partial charge in [-0.05, 0) is 37.8 Å². The van der Waals surface area contributed by atoms with Crippen molar-refractivity contribution in [3.05, 3.63) is 23.3 Å². The van der Waals surface area contributed by atoms with E-state index in [2.05, 4.69) is 5.16 Å². The number of hydrogen-bond donors (Lipinski definition) is 1. The van der Waals surface area contributed by atoms with Gasteiger partial charge in [-0.3, -0.25) is 0 Å². The van der Waals surface area contributed by atoms with Crippen molar-refractivity contribution in [2.24, 2.45) is 10.6 Å². The average Bonchev–Trinajstić information content (AvgIpc) is 2.43. The number of alkyl halides is 3. The minimum absolute atomic E-state index is 0.0254. The molecule has 1 rings (SSSR count). The maximum atomic E-state index is 13.2. The lowest BCUT2D eigenvalue weighted by Gasteiger charge is -2.46. The van der Waals surface area contributed by atoms with Gasteiger partial charge in [-0.1, -0.05) is 38.4 Å². The second kappa shape index (κ2) is 7.72. The molecule has 24 heavy (non-hydrogen) atoms. The van der Waals surface area contributed by atoms with Gasteiger partial charge in [0, 0.05) is 17.4 Å². The third-order valence-electron chi connectivity index (χ3n) is 4.79. The first-order valence-corrected chi connectivity index (χ1v) is 8.25. The molecular weight excluding hydrogens is 319 g/mol. The summed E-state index contributed by atoms with van der Waals surface area (Å²) in [5, 5.41) is 15.0. The lowest BCUT2D eigenvalue weighted by Crippen LogP contribution is -2.49. The summed E-state index contributed by atoms with van der Waals surface area (Å²) in [5.74, 6) is 0. The van der Waals surface area contributed by atoms with Crippen LogP contribution in [0.3, 0.4) is 0 Å². The topological polar surface area (TPSA) is 41.8 Å². The van der Waals surface area contributed by atoms with E-state index < -0.39 is 22.8 Å². The molecule has 1 N–H and O–H groups in total. The van der Waals surface area contributed by atoms with Crippen LogP contribution in [0.25, 0.3) is 0 Å². The fourth-order valence-corrected chi connectivity index (χ4v) is 3.26. The minimum atomic E-state index is -4.36. The van der Waals surface area contributed by atoms with Crippen molar-refractivity contribution < 1.29 is 23.1 Å². The Hall–Kier alpha value is -1.30. The third-order valence-corrected chi connectivity index (χ3v) is 4.79. The Morgan fingerprint density at radius 2 is 2.04 bits per heavy atom. The van der Waals surface area contributed by atoms with Crippen LogP contribution in [-0.4, -0.2) is 29.7 Å². The van der Waals surface area contributed by atoms with Gasteiger partial charge >= 0.3 is 6.18 Å². The summed E-state index contributed by atoms with van der Waals surface area (Å²) in [5.41, 5.74) is -1.20. The van der Waals surface area contributed by atoms with Crippen molar-refractivity contribution in [1.82, 2.24) is 0 Å². The lowest BCUT2D eigenvalue weighted by atomic mass is 9.62. The maximum Gasteiger partial charge on any atom is 0.412 e. The van der Waals surface area contributed by atoms with E-state index in [-0.39, 0.29) is 12.8 Å². The molecule has 1 aliphatic carbocycles. The van der Waals surface area contributed by atoms with Crippen LogP contribution in [0.1, 0.15) is 59.8 Å². The van der Waals surface area contributed by atoms with E-state index in [9.17, 15) is 18.3 Å². The molecule has 0 saturated heterocycles. The normalized spacial score (nSPS) is 26.5. The Morgan fingerprint density at radius 3 is 2.50 bits per heavy atom. The van der Waals surface area contributed by atoms with Crippen LogP contribution < -0.4 is 0 Å². The maximum absolute atomic E-state index is 13.2. The summed E-state index contributed by atoms with van der Waals surface area (Å²) < 4.78 is 39.5. The Kier molecular flexibility index (Phi) is 6.67. The molecule has 0 aromatic carbocycles. The number of rotatable bonds is 6. The van der Waals surface area contributed by atoms with Crippen LogP contribution in [-0.2, 0) is 4.84 Å². The zero-order valence-corrected chi connectivity index (χ0v) is 15.1. The molecule has 0 fully saturated rings. The molecule has 0 saturated carbocycles. The number of halogens is 3. The number of nitrogens with zero attached hydrogens (tertiary/aromatic N) is 1. The molecule has 0 radical (unpaired) electrons. The molecule has 1 unspecified atom stereocenters. The van der Waals surface area contributed by atoms with Gasteiger partial charge < -0.3 is 9.94 Å². The van der Waals surface area contributed by atoms with Gasteiger partial charge in [0.1, 0.15) is 7.11 Å². The predicted octanol–water partition coefficient (Wildman–Crippen LogP) is 5.17. The molecule has 138 valence electrons. The first kappa shape index (κ1) is 20.7. The highest BCUT2D eigenvalue weighted by Gasteiger charge is 2.48. The van der Waals surface area contributed by atoms with Crippen molar-refractivity contribution in [1.29, 1.82) is 0 Å². The number of oxime groups is 1. The van der Waals surface area contributed by atoms with Crippen molar-refractivity contribution in [2.45, 2.75) is 71.6 Å². The molecule has 3 nitrogen and oxygen atoms in total. The molecule has 0 aliphatic heterocycles. The zero-order valence-electron chi connectivity index (χ0n) is 15.1. The minimum Gasteiger partial charge on any atom is -0.399 e. The lowest BCUT2D eigenvalue weighted by molar-refractivity contribution is -0.0986. The molecule has 6 heteroatoms. The first-order chi connectivity index (χ1) is 11.0. The quantitative estimate of drug-likeness (QED) is 0.532. The van der Waals surface area contributed by atoms with Gasteiger partial charge in [-0.25, -0.2) is 0 Å². The summed E-state index contributed by atoms with van der Waals surface area (Å²) >= 11 is 0. The third kappa shape index (κ3) is 4.62. The van der Waals surface area contributed by atoms with Gasteiger partial charge in [0.05, 0.1) is 11.3 Å². The second-order valence-corrected chi connectivity index (χ2v) is 7.03. The van der Waals surface area contributed by atoms with E-state index in [1.54, 1.807) is 13.0 Å². The molecule has 1 aliphatic rings. The summed E-state index contributed by atoms with van der Waals surface area (Å²) in [6.07, 6.45) is -0.0998. The predicted molar refractivity (Wildman–Crippen MR) is 89.8 cm³/mol. The van der Waals surface area contributed by atoms with Crippen LogP contribution in [0.15, 0.2) is 28.5 Å². The van der Waals surface area contributed by atoms with E-state index in [0.29, 0.717) is 30.5 Å². The highest BCUT2D eigenvalue weighted by molar-refractivity contribution is 5.97. The fourth-order valence-electron chi connectivity index (χ4n) is 3.26. The number of aliphatic hydroxyl groups is 1. The molecule has 0 bridgehead atoms. The summed E-state index contributed by atoms with van der Waals surface area (Å²) in [6.45, 7) is 7.26. The van der Waals surface area contributed by atoms with Crippen LogP contribution in [0, 0.1) is 5.41 Å². The number of allylic oxidation sites excluding steroid dienone is 3. The van der Waals surface area contributed by atoms with E-state index in [0.717, 1.165) is 0 Å². The van der Waals surface area contributed by atoms with Crippen molar-refractivity contribution in [3.8, 4) is 0 Å². The van der Waals surface area contributed by atoms with E-state index in [1.807, 2.05) is 20.8 Å². The van der Waals surface area contributed by atoms with Gasteiger partial charge in [0.15, 0.2) is 0 Å². The molecule has 0 spiro atoms. The van der Waals surface area contributed by atoms with Crippen molar-refractivity contribution >= 4 is 5.71 Å². The zero-order chi connectivity index (χ0) is 18.6. The van der Waals surface area contributed by atoms with E-state index in [4.69, 9.17) is 4.84 Å². The van der Waals surface area contributed by atoms with Crippen LogP contribution in [0.4, 0.5) is 13.2 Å². The Balaban J connectivity index is 3.06.